The van der Waals surface area contributed by atoms with Crippen molar-refractivity contribution in [3.63, 3.8) is 0 Å². The zero-order valence-electron chi connectivity index (χ0n) is 9.34. The van der Waals surface area contributed by atoms with Crippen molar-refractivity contribution in [3.8, 4) is 5.88 Å². The number of rotatable bonds is 3. The first-order valence-corrected chi connectivity index (χ1v) is 6.65. The van der Waals surface area contributed by atoms with E-state index < -0.39 is 0 Å². The molecule has 3 nitrogen and oxygen atoms in total. The van der Waals surface area contributed by atoms with Crippen molar-refractivity contribution < 1.29 is 4.74 Å². The van der Waals surface area contributed by atoms with E-state index in [1.165, 1.54) is 6.33 Å². The molecular weight excluding hydrogens is 268 g/mol. The van der Waals surface area contributed by atoms with E-state index in [4.69, 9.17) is 16.3 Å². The number of aromatic nitrogens is 2. The summed E-state index contributed by atoms with van der Waals surface area (Å²) in [5.74, 6) is 0.598. The second-order valence-corrected chi connectivity index (χ2v) is 5.00. The van der Waals surface area contributed by atoms with Crippen LogP contribution in [-0.2, 0) is 6.61 Å². The van der Waals surface area contributed by atoms with E-state index in [1.807, 2.05) is 35.7 Å². The second-order valence-electron chi connectivity index (χ2n) is 3.70. The minimum absolute atomic E-state index is 0.404. The summed E-state index contributed by atoms with van der Waals surface area (Å²) >= 11 is 7.65. The quantitative estimate of drug-likeness (QED) is 0.727. The Morgan fingerprint density at radius 1 is 1.17 bits per heavy atom. The Morgan fingerprint density at radius 2 is 2.06 bits per heavy atom. The fourth-order valence-electron chi connectivity index (χ4n) is 1.64. The molecule has 0 bridgehead atoms. The summed E-state index contributed by atoms with van der Waals surface area (Å²) in [6.45, 7) is 0.404. The predicted octanol–water partition coefficient (Wildman–Crippen LogP) is 3.92. The Morgan fingerprint density at radius 3 is 2.94 bits per heavy atom. The molecule has 0 aliphatic heterocycles. The van der Waals surface area contributed by atoms with Crippen LogP contribution in [0.2, 0.25) is 5.02 Å². The fourth-order valence-corrected chi connectivity index (χ4v) is 2.56. The average Bonchev–Trinajstić information content (AvgIpc) is 2.86. The number of hydrogen-bond donors (Lipinski definition) is 0. The highest BCUT2D eigenvalue weighted by atomic mass is 35.5. The van der Waals surface area contributed by atoms with Crippen LogP contribution in [0.25, 0.3) is 10.2 Å². The normalized spacial score (nSPS) is 10.7. The summed E-state index contributed by atoms with van der Waals surface area (Å²) in [5, 5.41) is 3.62. The molecule has 0 aliphatic carbocycles. The van der Waals surface area contributed by atoms with Gasteiger partial charge in [0, 0.05) is 10.6 Å². The molecule has 2 heterocycles. The van der Waals surface area contributed by atoms with Gasteiger partial charge < -0.3 is 4.74 Å². The topological polar surface area (TPSA) is 35.0 Å². The Labute approximate surface area is 113 Å². The van der Waals surface area contributed by atoms with Crippen LogP contribution in [-0.4, -0.2) is 9.97 Å². The van der Waals surface area contributed by atoms with Gasteiger partial charge in [0.1, 0.15) is 17.8 Å². The third-order valence-corrected chi connectivity index (χ3v) is 3.74. The number of benzene rings is 1. The lowest BCUT2D eigenvalue weighted by atomic mass is 10.2. The van der Waals surface area contributed by atoms with E-state index in [0.29, 0.717) is 17.5 Å². The van der Waals surface area contributed by atoms with Crippen LogP contribution in [0.5, 0.6) is 5.88 Å². The standard InChI is InChI=1S/C13H9ClN2OS/c14-11-4-2-1-3-9(11)7-17-12-10-5-6-18-13(10)16-8-15-12/h1-6,8H,7H2. The van der Waals surface area contributed by atoms with E-state index in [-0.39, 0.29) is 0 Å². The zero-order valence-corrected chi connectivity index (χ0v) is 10.9. The van der Waals surface area contributed by atoms with Crippen molar-refractivity contribution in [2.75, 3.05) is 0 Å². The van der Waals surface area contributed by atoms with Crippen LogP contribution >= 0.6 is 22.9 Å². The maximum absolute atomic E-state index is 6.08. The summed E-state index contributed by atoms with van der Waals surface area (Å²) in [7, 11) is 0. The SMILES string of the molecule is Clc1ccccc1COc1ncnc2sccc12. The minimum Gasteiger partial charge on any atom is -0.472 e. The first kappa shape index (κ1) is 11.4. The highest BCUT2D eigenvalue weighted by Gasteiger charge is 2.07. The Kier molecular flexibility index (Phi) is 3.13. The molecule has 3 aromatic rings. The molecular formula is C13H9ClN2OS. The minimum atomic E-state index is 0.404. The largest absolute Gasteiger partial charge is 0.472 e. The van der Waals surface area contributed by atoms with E-state index in [9.17, 15) is 0 Å². The molecule has 0 fully saturated rings. The maximum atomic E-state index is 6.08. The summed E-state index contributed by atoms with van der Waals surface area (Å²) < 4.78 is 5.72. The van der Waals surface area contributed by atoms with Gasteiger partial charge in [0.2, 0.25) is 5.88 Å². The molecule has 90 valence electrons. The molecule has 0 atom stereocenters. The molecule has 0 saturated carbocycles. The molecule has 0 unspecified atom stereocenters. The maximum Gasteiger partial charge on any atom is 0.225 e. The van der Waals surface area contributed by atoms with E-state index in [2.05, 4.69) is 9.97 Å². The van der Waals surface area contributed by atoms with Gasteiger partial charge in [-0.2, -0.15) is 0 Å². The number of fused-ring (bicyclic) bond motifs is 1. The van der Waals surface area contributed by atoms with Gasteiger partial charge >= 0.3 is 0 Å². The van der Waals surface area contributed by atoms with Gasteiger partial charge in [-0.25, -0.2) is 9.97 Å². The molecule has 0 radical (unpaired) electrons. The summed E-state index contributed by atoms with van der Waals surface area (Å²) in [4.78, 5) is 9.26. The Balaban J connectivity index is 1.85. The summed E-state index contributed by atoms with van der Waals surface area (Å²) in [6.07, 6.45) is 1.51. The number of hydrogen-bond acceptors (Lipinski definition) is 4. The van der Waals surface area contributed by atoms with Gasteiger partial charge in [-0.1, -0.05) is 29.8 Å². The molecule has 0 amide bonds. The average molecular weight is 277 g/mol. The lowest BCUT2D eigenvalue weighted by Crippen LogP contribution is -1.98. The lowest BCUT2D eigenvalue weighted by Gasteiger charge is -2.07. The van der Waals surface area contributed by atoms with Crippen molar-refractivity contribution in [3.05, 3.63) is 52.6 Å². The van der Waals surface area contributed by atoms with Gasteiger partial charge in [0.05, 0.1) is 5.39 Å². The Hall–Kier alpha value is -1.65. The molecule has 0 spiro atoms. The molecule has 1 aromatic carbocycles. The molecule has 3 rings (SSSR count). The van der Waals surface area contributed by atoms with Crippen LogP contribution in [0, 0.1) is 0 Å². The monoisotopic (exact) mass is 276 g/mol. The number of halogens is 1. The van der Waals surface area contributed by atoms with Crippen LogP contribution in [0.1, 0.15) is 5.56 Å². The molecule has 2 aromatic heterocycles. The predicted molar refractivity (Wildman–Crippen MR) is 73.2 cm³/mol. The smallest absolute Gasteiger partial charge is 0.225 e. The number of ether oxygens (including phenoxy) is 1. The van der Waals surface area contributed by atoms with Gasteiger partial charge in [-0.3, -0.25) is 0 Å². The van der Waals surface area contributed by atoms with Crippen LogP contribution in [0.3, 0.4) is 0 Å². The molecule has 18 heavy (non-hydrogen) atoms. The second kappa shape index (κ2) is 4.92. The van der Waals surface area contributed by atoms with E-state index in [1.54, 1.807) is 11.3 Å². The third kappa shape index (κ3) is 2.17. The summed E-state index contributed by atoms with van der Waals surface area (Å²) in [6, 6.07) is 9.58. The first-order chi connectivity index (χ1) is 8.84. The van der Waals surface area contributed by atoms with Crippen molar-refractivity contribution in [2.24, 2.45) is 0 Å². The van der Waals surface area contributed by atoms with Gasteiger partial charge in [-0.05, 0) is 17.5 Å². The van der Waals surface area contributed by atoms with Crippen LogP contribution < -0.4 is 4.74 Å². The van der Waals surface area contributed by atoms with Crippen molar-refractivity contribution in [1.82, 2.24) is 9.97 Å². The van der Waals surface area contributed by atoms with Gasteiger partial charge in [0.25, 0.3) is 0 Å². The lowest BCUT2D eigenvalue weighted by molar-refractivity contribution is 0.298. The third-order valence-electron chi connectivity index (χ3n) is 2.55. The highest BCUT2D eigenvalue weighted by molar-refractivity contribution is 7.16. The van der Waals surface area contributed by atoms with E-state index in [0.717, 1.165) is 15.8 Å². The molecule has 0 N–H and O–H groups in total. The van der Waals surface area contributed by atoms with Crippen molar-refractivity contribution in [1.29, 1.82) is 0 Å². The number of nitrogens with zero attached hydrogens (tertiary/aromatic N) is 2. The highest BCUT2D eigenvalue weighted by Crippen LogP contribution is 2.26. The van der Waals surface area contributed by atoms with Crippen LogP contribution in [0.4, 0.5) is 0 Å². The molecule has 5 heteroatoms. The van der Waals surface area contributed by atoms with Gasteiger partial charge in [-0.15, -0.1) is 11.3 Å². The van der Waals surface area contributed by atoms with Crippen molar-refractivity contribution >= 4 is 33.2 Å². The molecule has 0 saturated heterocycles. The van der Waals surface area contributed by atoms with E-state index >= 15 is 0 Å². The number of thiophene rings is 1. The Bertz CT molecular complexity index is 683. The fraction of sp³-hybridized carbons (Fsp3) is 0.0769. The zero-order chi connectivity index (χ0) is 12.4. The van der Waals surface area contributed by atoms with Crippen LogP contribution in [0.15, 0.2) is 42.0 Å². The summed E-state index contributed by atoms with van der Waals surface area (Å²) in [5.41, 5.74) is 0.946. The first-order valence-electron chi connectivity index (χ1n) is 5.39. The van der Waals surface area contributed by atoms with Gasteiger partial charge in [0.15, 0.2) is 0 Å². The molecule has 0 aliphatic rings. The van der Waals surface area contributed by atoms with Crippen molar-refractivity contribution in [2.45, 2.75) is 6.61 Å².